The Kier molecular flexibility index (Phi) is 5.34. The van der Waals surface area contributed by atoms with Crippen LogP contribution in [0.15, 0.2) is 0 Å². The van der Waals surface area contributed by atoms with Crippen LogP contribution >= 0.6 is 15.9 Å². The standard InChI is InChI=1S/C11H22BrN/c1-3-4-10(2)13-7-5-11(9-12)6-8-13/h10-11H,3-9H2,1-2H3. The van der Waals surface area contributed by atoms with Crippen molar-refractivity contribution in [2.75, 3.05) is 18.4 Å². The maximum absolute atomic E-state index is 3.58. The minimum Gasteiger partial charge on any atom is -0.301 e. The number of hydrogen-bond acceptors (Lipinski definition) is 1. The number of likely N-dealkylation sites (tertiary alicyclic amines) is 1. The van der Waals surface area contributed by atoms with Gasteiger partial charge < -0.3 is 4.90 Å². The van der Waals surface area contributed by atoms with Crippen LogP contribution in [0.4, 0.5) is 0 Å². The van der Waals surface area contributed by atoms with E-state index in [0.29, 0.717) is 0 Å². The minimum absolute atomic E-state index is 0.807. The zero-order valence-corrected chi connectivity index (χ0v) is 10.5. The molecule has 1 nitrogen and oxygen atoms in total. The first-order chi connectivity index (χ1) is 6.27. The second-order valence-electron chi connectivity index (χ2n) is 4.27. The Morgan fingerprint density at radius 3 is 2.46 bits per heavy atom. The first kappa shape index (κ1) is 11.5. The molecule has 0 spiro atoms. The molecule has 2 heteroatoms. The van der Waals surface area contributed by atoms with Gasteiger partial charge in [-0.2, -0.15) is 0 Å². The van der Waals surface area contributed by atoms with E-state index in [1.807, 2.05) is 0 Å². The number of piperidine rings is 1. The van der Waals surface area contributed by atoms with E-state index in [-0.39, 0.29) is 0 Å². The summed E-state index contributed by atoms with van der Waals surface area (Å²) < 4.78 is 0. The Labute approximate surface area is 91.0 Å². The van der Waals surface area contributed by atoms with E-state index in [0.717, 1.165) is 12.0 Å². The molecule has 0 saturated carbocycles. The lowest BCUT2D eigenvalue weighted by atomic mass is 9.97. The fourth-order valence-corrected chi connectivity index (χ4v) is 2.80. The van der Waals surface area contributed by atoms with Gasteiger partial charge in [-0.1, -0.05) is 29.3 Å². The third-order valence-electron chi connectivity index (χ3n) is 3.20. The van der Waals surface area contributed by atoms with Gasteiger partial charge in [-0.25, -0.2) is 0 Å². The Hall–Kier alpha value is 0.440. The Morgan fingerprint density at radius 1 is 1.38 bits per heavy atom. The van der Waals surface area contributed by atoms with E-state index >= 15 is 0 Å². The smallest absolute Gasteiger partial charge is 0.00668 e. The zero-order valence-electron chi connectivity index (χ0n) is 8.93. The topological polar surface area (TPSA) is 3.24 Å². The lowest BCUT2D eigenvalue weighted by Crippen LogP contribution is -2.40. The lowest BCUT2D eigenvalue weighted by Gasteiger charge is -2.35. The van der Waals surface area contributed by atoms with Crippen LogP contribution in [0, 0.1) is 5.92 Å². The van der Waals surface area contributed by atoms with E-state index in [4.69, 9.17) is 0 Å². The lowest BCUT2D eigenvalue weighted by molar-refractivity contribution is 0.142. The molecule has 0 aliphatic carbocycles. The summed E-state index contributed by atoms with van der Waals surface area (Å²) in [5.41, 5.74) is 0. The van der Waals surface area contributed by atoms with Gasteiger partial charge in [-0.3, -0.25) is 0 Å². The minimum atomic E-state index is 0.807. The zero-order chi connectivity index (χ0) is 9.68. The molecule has 0 aromatic carbocycles. The normalized spacial score (nSPS) is 23.3. The quantitative estimate of drug-likeness (QED) is 0.690. The summed E-state index contributed by atoms with van der Waals surface area (Å²) in [5.74, 6) is 0.935. The van der Waals surface area contributed by atoms with E-state index < -0.39 is 0 Å². The summed E-state index contributed by atoms with van der Waals surface area (Å²) >= 11 is 3.58. The van der Waals surface area contributed by atoms with E-state index in [1.165, 1.54) is 44.1 Å². The van der Waals surface area contributed by atoms with Crippen LogP contribution in [-0.4, -0.2) is 29.4 Å². The van der Waals surface area contributed by atoms with Crippen LogP contribution in [0.2, 0.25) is 0 Å². The average molecular weight is 248 g/mol. The fourth-order valence-electron chi connectivity index (χ4n) is 2.15. The van der Waals surface area contributed by atoms with Gasteiger partial charge in [-0.15, -0.1) is 0 Å². The van der Waals surface area contributed by atoms with Crippen LogP contribution in [0.5, 0.6) is 0 Å². The van der Waals surface area contributed by atoms with Crippen molar-refractivity contribution in [1.82, 2.24) is 4.90 Å². The Balaban J connectivity index is 2.23. The highest BCUT2D eigenvalue weighted by Crippen LogP contribution is 2.21. The number of alkyl halides is 1. The van der Waals surface area contributed by atoms with Crippen molar-refractivity contribution in [2.24, 2.45) is 5.92 Å². The second kappa shape index (κ2) is 6.02. The SMILES string of the molecule is CCCC(C)N1CCC(CBr)CC1. The molecule has 0 N–H and O–H groups in total. The predicted molar refractivity (Wildman–Crippen MR) is 62.5 cm³/mol. The molecule has 1 atom stereocenters. The summed E-state index contributed by atoms with van der Waals surface area (Å²) in [6.45, 7) is 7.29. The maximum Gasteiger partial charge on any atom is 0.00668 e. The molecule has 0 radical (unpaired) electrons. The fraction of sp³-hybridized carbons (Fsp3) is 1.00. The van der Waals surface area contributed by atoms with Gasteiger partial charge in [0.2, 0.25) is 0 Å². The Bertz CT molecular complexity index is 130. The van der Waals surface area contributed by atoms with Crippen LogP contribution in [0.3, 0.4) is 0 Å². The maximum atomic E-state index is 3.58. The summed E-state index contributed by atoms with van der Waals surface area (Å²) in [4.78, 5) is 2.66. The van der Waals surface area contributed by atoms with Gasteiger partial charge in [-0.05, 0) is 45.2 Å². The van der Waals surface area contributed by atoms with Crippen molar-refractivity contribution < 1.29 is 0 Å². The first-order valence-corrected chi connectivity index (χ1v) is 6.70. The molecule has 0 bridgehead atoms. The molecule has 78 valence electrons. The molecule has 1 aliphatic rings. The van der Waals surface area contributed by atoms with Crippen molar-refractivity contribution in [3.8, 4) is 0 Å². The summed E-state index contributed by atoms with van der Waals surface area (Å²) in [6.07, 6.45) is 5.46. The molecule has 13 heavy (non-hydrogen) atoms. The molecule has 0 amide bonds. The number of halogens is 1. The largest absolute Gasteiger partial charge is 0.301 e. The molecule has 1 saturated heterocycles. The molecule has 0 aromatic heterocycles. The van der Waals surface area contributed by atoms with Crippen molar-refractivity contribution in [3.05, 3.63) is 0 Å². The highest BCUT2D eigenvalue weighted by molar-refractivity contribution is 9.09. The van der Waals surface area contributed by atoms with Crippen molar-refractivity contribution in [3.63, 3.8) is 0 Å². The third kappa shape index (κ3) is 3.59. The number of nitrogens with zero attached hydrogens (tertiary/aromatic N) is 1. The molecule has 0 aromatic rings. The van der Waals surface area contributed by atoms with Gasteiger partial charge in [0.15, 0.2) is 0 Å². The second-order valence-corrected chi connectivity index (χ2v) is 4.92. The van der Waals surface area contributed by atoms with Gasteiger partial charge in [0.25, 0.3) is 0 Å². The first-order valence-electron chi connectivity index (χ1n) is 5.58. The van der Waals surface area contributed by atoms with Gasteiger partial charge in [0.1, 0.15) is 0 Å². The van der Waals surface area contributed by atoms with Crippen molar-refractivity contribution in [1.29, 1.82) is 0 Å². The van der Waals surface area contributed by atoms with Crippen LogP contribution < -0.4 is 0 Å². The van der Waals surface area contributed by atoms with Gasteiger partial charge >= 0.3 is 0 Å². The molecule has 1 heterocycles. The summed E-state index contributed by atoms with van der Waals surface area (Å²) in [5, 5.41) is 1.20. The van der Waals surface area contributed by atoms with Crippen LogP contribution in [0.25, 0.3) is 0 Å². The van der Waals surface area contributed by atoms with Crippen LogP contribution in [0.1, 0.15) is 39.5 Å². The van der Waals surface area contributed by atoms with Gasteiger partial charge in [0.05, 0.1) is 0 Å². The number of hydrogen-bond donors (Lipinski definition) is 0. The molecule has 1 unspecified atom stereocenters. The van der Waals surface area contributed by atoms with Crippen LogP contribution in [-0.2, 0) is 0 Å². The molecule has 1 aliphatic heterocycles. The average Bonchev–Trinajstić information content (AvgIpc) is 2.18. The molecule has 1 rings (SSSR count). The summed E-state index contributed by atoms with van der Waals surface area (Å²) in [6, 6.07) is 0.807. The summed E-state index contributed by atoms with van der Waals surface area (Å²) in [7, 11) is 0. The number of rotatable bonds is 4. The molecular weight excluding hydrogens is 226 g/mol. The highest BCUT2D eigenvalue weighted by Gasteiger charge is 2.21. The van der Waals surface area contributed by atoms with E-state index in [1.54, 1.807) is 0 Å². The van der Waals surface area contributed by atoms with E-state index in [9.17, 15) is 0 Å². The monoisotopic (exact) mass is 247 g/mol. The van der Waals surface area contributed by atoms with Crippen molar-refractivity contribution in [2.45, 2.75) is 45.6 Å². The van der Waals surface area contributed by atoms with E-state index in [2.05, 4.69) is 34.7 Å². The third-order valence-corrected chi connectivity index (χ3v) is 4.11. The highest BCUT2D eigenvalue weighted by atomic mass is 79.9. The predicted octanol–water partition coefficient (Wildman–Crippen LogP) is 3.28. The van der Waals surface area contributed by atoms with Crippen molar-refractivity contribution >= 4 is 15.9 Å². The molecular formula is C11H22BrN. The molecule has 1 fully saturated rings. The Morgan fingerprint density at radius 2 is 2.00 bits per heavy atom. The van der Waals surface area contributed by atoms with Gasteiger partial charge in [0, 0.05) is 11.4 Å².